The minimum atomic E-state index is -1.35. The second kappa shape index (κ2) is 6.38. The first-order chi connectivity index (χ1) is 8.95. The van der Waals surface area contributed by atoms with E-state index in [4.69, 9.17) is 10.00 Å². The molecule has 106 valence electrons. The Kier molecular flexibility index (Phi) is 5.12. The fourth-order valence-electron chi connectivity index (χ4n) is 1.90. The van der Waals surface area contributed by atoms with Crippen molar-refractivity contribution in [3.63, 3.8) is 0 Å². The summed E-state index contributed by atoms with van der Waals surface area (Å²) in [4.78, 5) is 24.8. The van der Waals surface area contributed by atoms with Crippen molar-refractivity contribution in [1.82, 2.24) is 10.2 Å². The van der Waals surface area contributed by atoms with Crippen LogP contribution < -0.4 is 5.32 Å². The molecule has 0 saturated carbocycles. The minimum absolute atomic E-state index is 0.0283. The second-order valence-electron chi connectivity index (χ2n) is 4.69. The van der Waals surface area contributed by atoms with Gasteiger partial charge in [0.2, 0.25) is 0 Å². The zero-order valence-corrected chi connectivity index (χ0v) is 11.2. The fourth-order valence-corrected chi connectivity index (χ4v) is 1.90. The molecule has 2 atom stereocenters. The zero-order chi connectivity index (χ0) is 14.5. The first-order valence-electron chi connectivity index (χ1n) is 6.23. The molecule has 0 aromatic carbocycles. The van der Waals surface area contributed by atoms with E-state index in [-0.39, 0.29) is 25.5 Å². The number of carbonyl (C=O) groups is 2. The molecule has 1 saturated heterocycles. The number of aliphatic carboxylic acids is 1. The standard InChI is InChI=1S/C12H19N3O4/c1-3-15(7-9(2)6-13)11(18)14-12(10(16)17)4-5-19-8-12/h9H,3-5,7-8H2,1-2H3,(H,14,18)(H,16,17). The number of rotatable bonds is 5. The highest BCUT2D eigenvalue weighted by Gasteiger charge is 2.44. The summed E-state index contributed by atoms with van der Waals surface area (Å²) >= 11 is 0. The molecule has 7 heteroatoms. The van der Waals surface area contributed by atoms with Crippen LogP contribution in [-0.2, 0) is 9.53 Å². The van der Waals surface area contributed by atoms with Gasteiger partial charge in [-0.2, -0.15) is 5.26 Å². The number of carbonyl (C=O) groups excluding carboxylic acids is 1. The number of ether oxygens (including phenoxy) is 1. The lowest BCUT2D eigenvalue weighted by atomic mass is 9.99. The van der Waals surface area contributed by atoms with Gasteiger partial charge in [-0.15, -0.1) is 0 Å². The highest BCUT2D eigenvalue weighted by molar-refractivity contribution is 5.86. The van der Waals surface area contributed by atoms with Gasteiger partial charge in [0.15, 0.2) is 5.54 Å². The van der Waals surface area contributed by atoms with E-state index in [2.05, 4.69) is 5.32 Å². The molecule has 0 aromatic rings. The van der Waals surface area contributed by atoms with Crippen LogP contribution in [-0.4, -0.2) is 53.8 Å². The topological polar surface area (TPSA) is 103 Å². The number of nitrogens with zero attached hydrogens (tertiary/aromatic N) is 2. The highest BCUT2D eigenvalue weighted by atomic mass is 16.5. The lowest BCUT2D eigenvalue weighted by molar-refractivity contribution is -0.144. The van der Waals surface area contributed by atoms with Crippen molar-refractivity contribution in [2.45, 2.75) is 25.8 Å². The summed E-state index contributed by atoms with van der Waals surface area (Å²) in [7, 11) is 0. The van der Waals surface area contributed by atoms with Crippen molar-refractivity contribution >= 4 is 12.0 Å². The number of nitrogens with one attached hydrogen (secondary N) is 1. The van der Waals surface area contributed by atoms with Gasteiger partial charge in [-0.25, -0.2) is 9.59 Å². The second-order valence-corrected chi connectivity index (χ2v) is 4.69. The van der Waals surface area contributed by atoms with Crippen LogP contribution in [0.4, 0.5) is 4.79 Å². The summed E-state index contributed by atoms with van der Waals surface area (Å²) in [5.74, 6) is -1.39. The van der Waals surface area contributed by atoms with Crippen molar-refractivity contribution in [3.8, 4) is 6.07 Å². The van der Waals surface area contributed by atoms with E-state index in [0.29, 0.717) is 13.2 Å². The maximum atomic E-state index is 12.1. The highest BCUT2D eigenvalue weighted by Crippen LogP contribution is 2.19. The third kappa shape index (κ3) is 3.58. The smallest absolute Gasteiger partial charge is 0.332 e. The van der Waals surface area contributed by atoms with E-state index in [9.17, 15) is 14.7 Å². The predicted molar refractivity (Wildman–Crippen MR) is 66.4 cm³/mol. The molecule has 1 aliphatic rings. The number of carboxylic acids is 1. The van der Waals surface area contributed by atoms with Crippen LogP contribution in [0, 0.1) is 17.2 Å². The van der Waals surface area contributed by atoms with Gasteiger partial charge in [0, 0.05) is 26.1 Å². The molecule has 0 radical (unpaired) electrons. The van der Waals surface area contributed by atoms with Gasteiger partial charge in [0.25, 0.3) is 0 Å². The average molecular weight is 269 g/mol. The Balaban J connectivity index is 2.70. The van der Waals surface area contributed by atoms with Crippen molar-refractivity contribution in [3.05, 3.63) is 0 Å². The van der Waals surface area contributed by atoms with Crippen molar-refractivity contribution in [1.29, 1.82) is 5.26 Å². The van der Waals surface area contributed by atoms with Crippen LogP contribution in [0.25, 0.3) is 0 Å². The van der Waals surface area contributed by atoms with Gasteiger partial charge >= 0.3 is 12.0 Å². The van der Waals surface area contributed by atoms with Gasteiger partial charge in [-0.3, -0.25) is 0 Å². The lowest BCUT2D eigenvalue weighted by Gasteiger charge is -2.29. The number of urea groups is 1. The first kappa shape index (κ1) is 15.2. The average Bonchev–Trinajstić information content (AvgIpc) is 2.85. The predicted octanol–water partition coefficient (Wildman–Crippen LogP) is 0.421. The zero-order valence-electron chi connectivity index (χ0n) is 11.2. The number of nitriles is 1. The molecule has 2 N–H and O–H groups in total. The quantitative estimate of drug-likeness (QED) is 0.753. The minimum Gasteiger partial charge on any atom is -0.479 e. The molecule has 1 aliphatic heterocycles. The Labute approximate surface area is 112 Å². The van der Waals surface area contributed by atoms with Gasteiger partial charge in [0.1, 0.15) is 0 Å². The molecule has 1 fully saturated rings. The van der Waals surface area contributed by atoms with Crippen molar-refractivity contribution in [2.75, 3.05) is 26.3 Å². The number of amides is 2. The Hall–Kier alpha value is -1.81. The van der Waals surface area contributed by atoms with Crippen LogP contribution in [0.3, 0.4) is 0 Å². The molecule has 0 bridgehead atoms. The van der Waals surface area contributed by atoms with Crippen molar-refractivity contribution < 1.29 is 19.4 Å². The molecule has 0 aromatic heterocycles. The third-order valence-electron chi connectivity index (χ3n) is 3.16. The van der Waals surface area contributed by atoms with Crippen LogP contribution in [0.15, 0.2) is 0 Å². The van der Waals surface area contributed by atoms with E-state index in [1.165, 1.54) is 4.90 Å². The molecule has 2 unspecified atom stereocenters. The largest absolute Gasteiger partial charge is 0.479 e. The number of carboxylic acid groups (broad SMARTS) is 1. The van der Waals surface area contributed by atoms with Crippen LogP contribution in [0.1, 0.15) is 20.3 Å². The molecule has 2 amide bonds. The summed E-state index contributed by atoms with van der Waals surface area (Å²) in [5, 5.41) is 20.5. The summed E-state index contributed by atoms with van der Waals surface area (Å²) in [6, 6.07) is 1.57. The van der Waals surface area contributed by atoms with E-state index >= 15 is 0 Å². The molecule has 1 rings (SSSR count). The van der Waals surface area contributed by atoms with Crippen LogP contribution in [0.5, 0.6) is 0 Å². The Morgan fingerprint density at radius 3 is 2.74 bits per heavy atom. The summed E-state index contributed by atoms with van der Waals surface area (Å²) in [5.41, 5.74) is -1.35. The van der Waals surface area contributed by atoms with Gasteiger partial charge < -0.3 is 20.1 Å². The maximum absolute atomic E-state index is 12.1. The Morgan fingerprint density at radius 1 is 1.63 bits per heavy atom. The molecule has 1 heterocycles. The Morgan fingerprint density at radius 2 is 2.32 bits per heavy atom. The molecule has 0 aliphatic carbocycles. The SMILES string of the molecule is CCN(CC(C)C#N)C(=O)NC1(C(=O)O)CCOC1. The normalized spacial score (nSPS) is 23.4. The molecule has 7 nitrogen and oxygen atoms in total. The van der Waals surface area contributed by atoms with Crippen molar-refractivity contribution in [2.24, 2.45) is 5.92 Å². The van der Waals surface area contributed by atoms with Gasteiger partial charge in [0.05, 0.1) is 18.6 Å². The van der Waals surface area contributed by atoms with E-state index in [0.717, 1.165) is 0 Å². The lowest BCUT2D eigenvalue weighted by Crippen LogP contribution is -2.58. The number of hydrogen-bond donors (Lipinski definition) is 2. The Bertz CT molecular complexity index is 385. The molecular weight excluding hydrogens is 250 g/mol. The van der Waals surface area contributed by atoms with E-state index < -0.39 is 17.5 Å². The third-order valence-corrected chi connectivity index (χ3v) is 3.16. The van der Waals surface area contributed by atoms with E-state index in [1.54, 1.807) is 13.8 Å². The summed E-state index contributed by atoms with van der Waals surface area (Å²) in [6.45, 7) is 4.46. The summed E-state index contributed by atoms with van der Waals surface area (Å²) < 4.78 is 5.07. The van der Waals surface area contributed by atoms with Gasteiger partial charge in [-0.1, -0.05) is 0 Å². The fraction of sp³-hybridized carbons (Fsp3) is 0.750. The van der Waals surface area contributed by atoms with Crippen LogP contribution >= 0.6 is 0 Å². The molecule has 0 spiro atoms. The van der Waals surface area contributed by atoms with Gasteiger partial charge in [-0.05, 0) is 13.8 Å². The molecule has 19 heavy (non-hydrogen) atoms. The van der Waals surface area contributed by atoms with E-state index in [1.807, 2.05) is 6.07 Å². The number of hydrogen-bond acceptors (Lipinski definition) is 4. The maximum Gasteiger partial charge on any atom is 0.332 e. The monoisotopic (exact) mass is 269 g/mol. The summed E-state index contributed by atoms with van der Waals surface area (Å²) in [6.07, 6.45) is 0.249. The molecular formula is C12H19N3O4. The van der Waals surface area contributed by atoms with Crippen LogP contribution in [0.2, 0.25) is 0 Å². The first-order valence-corrected chi connectivity index (χ1v) is 6.23.